The second-order valence-corrected chi connectivity index (χ2v) is 6.49. The molecule has 0 saturated heterocycles. The summed E-state index contributed by atoms with van der Waals surface area (Å²) in [7, 11) is 0. The Morgan fingerprint density at radius 3 is 2.79 bits per heavy atom. The highest BCUT2D eigenvalue weighted by atomic mass is 16.1. The topological polar surface area (TPSA) is 41.5 Å². The monoisotopic (exact) mass is 256 g/mol. The maximum Gasteiger partial charge on any atom is 0.144 e. The van der Waals surface area contributed by atoms with Gasteiger partial charge < -0.3 is 5.43 Å². The molecule has 1 aromatic carbocycles. The van der Waals surface area contributed by atoms with Crippen LogP contribution >= 0.6 is 0 Å². The first-order valence-electron chi connectivity index (χ1n) is 6.94. The number of hydrogen-bond donors (Lipinski definition) is 1. The van der Waals surface area contributed by atoms with Crippen molar-refractivity contribution < 1.29 is 4.79 Å². The number of nitrogens with zero attached hydrogens (tertiary/aromatic N) is 1. The van der Waals surface area contributed by atoms with Crippen LogP contribution in [0.4, 0.5) is 0 Å². The van der Waals surface area contributed by atoms with Crippen LogP contribution in [0.15, 0.2) is 35.4 Å². The SMILES string of the molecule is CC1(C)CC(=O)C2C(Cc3ccccc3)=NNC2C1. The largest absolute Gasteiger partial charge is 0.306 e. The molecule has 1 saturated carbocycles. The van der Waals surface area contributed by atoms with E-state index in [1.165, 1.54) is 5.56 Å². The van der Waals surface area contributed by atoms with Crippen LogP contribution in [0.3, 0.4) is 0 Å². The van der Waals surface area contributed by atoms with E-state index in [4.69, 9.17) is 0 Å². The summed E-state index contributed by atoms with van der Waals surface area (Å²) in [6, 6.07) is 10.5. The van der Waals surface area contributed by atoms with Gasteiger partial charge in [0.15, 0.2) is 0 Å². The van der Waals surface area contributed by atoms with Gasteiger partial charge in [-0.05, 0) is 17.4 Å². The maximum atomic E-state index is 12.4. The summed E-state index contributed by atoms with van der Waals surface area (Å²) in [6.45, 7) is 4.33. The Labute approximate surface area is 114 Å². The molecule has 1 aromatic rings. The van der Waals surface area contributed by atoms with Gasteiger partial charge in [0.05, 0.1) is 17.7 Å². The van der Waals surface area contributed by atoms with E-state index in [0.29, 0.717) is 12.2 Å². The maximum absolute atomic E-state index is 12.4. The fraction of sp³-hybridized carbons (Fsp3) is 0.500. The molecule has 19 heavy (non-hydrogen) atoms. The van der Waals surface area contributed by atoms with Gasteiger partial charge in [0.25, 0.3) is 0 Å². The Morgan fingerprint density at radius 1 is 1.32 bits per heavy atom. The smallest absolute Gasteiger partial charge is 0.144 e. The van der Waals surface area contributed by atoms with E-state index < -0.39 is 0 Å². The first-order chi connectivity index (χ1) is 9.05. The zero-order chi connectivity index (χ0) is 13.5. The number of hydrazone groups is 1. The number of carbonyl (C=O) groups excluding carboxylic acids is 1. The van der Waals surface area contributed by atoms with E-state index >= 15 is 0 Å². The number of Topliss-reactive ketones (excluding diaryl/α,β-unsaturated/α-hetero) is 1. The van der Waals surface area contributed by atoms with Gasteiger partial charge in [-0.1, -0.05) is 44.2 Å². The number of nitrogens with one attached hydrogen (secondary N) is 1. The Bertz CT molecular complexity index is 519. The molecule has 0 bridgehead atoms. The van der Waals surface area contributed by atoms with Crippen molar-refractivity contribution in [2.75, 3.05) is 0 Å². The lowest BCUT2D eigenvalue weighted by Gasteiger charge is -2.36. The summed E-state index contributed by atoms with van der Waals surface area (Å²) >= 11 is 0. The van der Waals surface area contributed by atoms with Crippen molar-refractivity contribution in [3.8, 4) is 0 Å². The molecule has 3 nitrogen and oxygen atoms in total. The third-order valence-electron chi connectivity index (χ3n) is 4.14. The van der Waals surface area contributed by atoms with Crippen molar-refractivity contribution in [2.45, 2.75) is 39.2 Å². The van der Waals surface area contributed by atoms with Gasteiger partial charge in [-0.25, -0.2) is 0 Å². The predicted molar refractivity (Wildman–Crippen MR) is 76.0 cm³/mol. The second kappa shape index (κ2) is 4.48. The van der Waals surface area contributed by atoms with E-state index in [-0.39, 0.29) is 17.4 Å². The third-order valence-corrected chi connectivity index (χ3v) is 4.14. The molecule has 0 amide bonds. The summed E-state index contributed by atoms with van der Waals surface area (Å²) in [5.41, 5.74) is 5.52. The van der Waals surface area contributed by atoms with Gasteiger partial charge in [0.1, 0.15) is 5.78 Å². The Morgan fingerprint density at radius 2 is 2.05 bits per heavy atom. The Kier molecular flexibility index (Phi) is 2.92. The van der Waals surface area contributed by atoms with Crippen molar-refractivity contribution in [1.82, 2.24) is 5.43 Å². The molecule has 3 rings (SSSR count). The molecule has 0 spiro atoms. The van der Waals surface area contributed by atoms with Crippen LogP contribution in [0.25, 0.3) is 0 Å². The highest BCUT2D eigenvalue weighted by Gasteiger charge is 2.45. The lowest BCUT2D eigenvalue weighted by atomic mass is 9.68. The molecular weight excluding hydrogens is 236 g/mol. The van der Waals surface area contributed by atoms with Crippen LogP contribution in [0.2, 0.25) is 0 Å². The lowest BCUT2D eigenvalue weighted by Crippen LogP contribution is -2.45. The molecule has 3 heteroatoms. The molecule has 1 heterocycles. The first-order valence-corrected chi connectivity index (χ1v) is 6.94. The zero-order valence-electron chi connectivity index (χ0n) is 11.5. The van der Waals surface area contributed by atoms with Crippen molar-refractivity contribution in [3.05, 3.63) is 35.9 Å². The van der Waals surface area contributed by atoms with Crippen molar-refractivity contribution in [1.29, 1.82) is 0 Å². The molecule has 2 aliphatic rings. The Hall–Kier alpha value is -1.64. The van der Waals surface area contributed by atoms with Gasteiger partial charge in [-0.2, -0.15) is 5.10 Å². The van der Waals surface area contributed by atoms with Crippen molar-refractivity contribution in [2.24, 2.45) is 16.4 Å². The molecule has 1 N–H and O–H groups in total. The fourth-order valence-electron chi connectivity index (χ4n) is 3.32. The van der Waals surface area contributed by atoms with Crippen LogP contribution in [0.1, 0.15) is 32.3 Å². The zero-order valence-corrected chi connectivity index (χ0v) is 11.5. The van der Waals surface area contributed by atoms with Gasteiger partial charge in [-0.15, -0.1) is 0 Å². The van der Waals surface area contributed by atoms with Gasteiger partial charge >= 0.3 is 0 Å². The van der Waals surface area contributed by atoms with Gasteiger partial charge in [0, 0.05) is 12.8 Å². The van der Waals surface area contributed by atoms with E-state index in [1.54, 1.807) is 0 Å². The summed E-state index contributed by atoms with van der Waals surface area (Å²) in [4.78, 5) is 12.4. The van der Waals surface area contributed by atoms with Gasteiger partial charge in [0.2, 0.25) is 0 Å². The van der Waals surface area contributed by atoms with Crippen LogP contribution < -0.4 is 5.43 Å². The highest BCUT2D eigenvalue weighted by Crippen LogP contribution is 2.38. The van der Waals surface area contributed by atoms with Crippen molar-refractivity contribution >= 4 is 11.5 Å². The number of rotatable bonds is 2. The number of hydrogen-bond acceptors (Lipinski definition) is 3. The molecule has 1 fully saturated rings. The molecule has 2 unspecified atom stereocenters. The number of carbonyl (C=O) groups is 1. The lowest BCUT2D eigenvalue weighted by molar-refractivity contribution is -0.126. The minimum atomic E-state index is -0.00627. The summed E-state index contributed by atoms with van der Waals surface area (Å²) < 4.78 is 0. The van der Waals surface area contributed by atoms with Crippen LogP contribution in [0, 0.1) is 11.3 Å². The van der Waals surface area contributed by atoms with Crippen LogP contribution in [-0.2, 0) is 11.2 Å². The van der Waals surface area contributed by atoms with Gasteiger partial charge in [-0.3, -0.25) is 4.79 Å². The molecular formula is C16H20N2O. The minimum Gasteiger partial charge on any atom is -0.306 e. The van der Waals surface area contributed by atoms with Crippen molar-refractivity contribution in [3.63, 3.8) is 0 Å². The van der Waals surface area contributed by atoms with Crippen LogP contribution in [-0.4, -0.2) is 17.5 Å². The highest BCUT2D eigenvalue weighted by molar-refractivity contribution is 6.08. The van der Waals surface area contributed by atoms with E-state index in [1.807, 2.05) is 18.2 Å². The Balaban J connectivity index is 1.77. The molecule has 2 atom stereocenters. The average molecular weight is 256 g/mol. The average Bonchev–Trinajstić information content (AvgIpc) is 2.72. The number of ketones is 1. The normalized spacial score (nSPS) is 28.5. The molecule has 100 valence electrons. The van der Waals surface area contributed by atoms with E-state index in [0.717, 1.165) is 18.6 Å². The van der Waals surface area contributed by atoms with E-state index in [9.17, 15) is 4.79 Å². The van der Waals surface area contributed by atoms with E-state index in [2.05, 4.69) is 36.5 Å². The number of benzene rings is 1. The first kappa shape index (κ1) is 12.4. The predicted octanol–water partition coefficient (Wildman–Crippen LogP) is 2.56. The third kappa shape index (κ3) is 2.42. The fourth-order valence-corrected chi connectivity index (χ4v) is 3.32. The summed E-state index contributed by atoms with van der Waals surface area (Å²) in [5, 5.41) is 4.44. The molecule has 1 aliphatic heterocycles. The van der Waals surface area contributed by atoms with Crippen LogP contribution in [0.5, 0.6) is 0 Å². The second-order valence-electron chi connectivity index (χ2n) is 6.49. The summed E-state index contributed by atoms with van der Waals surface area (Å²) in [6.07, 6.45) is 2.47. The minimum absolute atomic E-state index is 0.00627. The molecule has 1 aliphatic carbocycles. The summed E-state index contributed by atoms with van der Waals surface area (Å²) in [5.74, 6) is 0.342. The molecule has 0 radical (unpaired) electrons. The number of fused-ring (bicyclic) bond motifs is 1. The standard InChI is InChI=1S/C16H20N2O/c1-16(2)9-13-15(14(19)10-16)12(17-18-13)8-11-6-4-3-5-7-11/h3-7,13,15,18H,8-10H2,1-2H3. The quantitative estimate of drug-likeness (QED) is 0.883. The molecule has 0 aromatic heterocycles.